The molecular formula is C15H26N2OS. The van der Waals surface area contributed by atoms with Crippen molar-refractivity contribution in [2.45, 2.75) is 71.1 Å². The molecule has 3 nitrogen and oxygen atoms in total. The van der Waals surface area contributed by atoms with E-state index in [1.54, 1.807) is 7.11 Å². The van der Waals surface area contributed by atoms with Gasteiger partial charge in [0.1, 0.15) is 10.6 Å². The van der Waals surface area contributed by atoms with Crippen LogP contribution in [0.25, 0.3) is 0 Å². The Morgan fingerprint density at radius 3 is 2.68 bits per heavy atom. The van der Waals surface area contributed by atoms with Crippen LogP contribution in [0.2, 0.25) is 0 Å². The molecule has 2 rings (SSSR count). The highest BCUT2D eigenvalue weighted by molar-refractivity contribution is 7.11. The first-order valence-electron chi connectivity index (χ1n) is 7.40. The Balaban J connectivity index is 2.17. The zero-order chi connectivity index (χ0) is 13.9. The highest BCUT2D eigenvalue weighted by Crippen LogP contribution is 2.34. The predicted octanol–water partition coefficient (Wildman–Crippen LogP) is 3.62. The van der Waals surface area contributed by atoms with E-state index in [4.69, 9.17) is 9.72 Å². The molecule has 1 aliphatic carbocycles. The summed E-state index contributed by atoms with van der Waals surface area (Å²) in [6.07, 6.45) is 5.84. The summed E-state index contributed by atoms with van der Waals surface area (Å²) in [4.78, 5) is 6.27. The SMILES string of the molecule is CCCc1nc(C(C)(CC)OC)sc1CNC1CC1. The van der Waals surface area contributed by atoms with Crippen LogP contribution in [0.15, 0.2) is 0 Å². The zero-order valence-electron chi connectivity index (χ0n) is 12.6. The van der Waals surface area contributed by atoms with Crippen LogP contribution in [0, 0.1) is 0 Å². The lowest BCUT2D eigenvalue weighted by molar-refractivity contribution is -0.00166. The maximum Gasteiger partial charge on any atom is 0.125 e. The van der Waals surface area contributed by atoms with Crippen LogP contribution in [0.1, 0.15) is 62.0 Å². The lowest BCUT2D eigenvalue weighted by Crippen LogP contribution is -2.22. The molecule has 108 valence electrons. The number of hydrogen-bond acceptors (Lipinski definition) is 4. The number of aryl methyl sites for hydroxylation is 1. The van der Waals surface area contributed by atoms with E-state index in [2.05, 4.69) is 26.1 Å². The number of aromatic nitrogens is 1. The number of ether oxygens (including phenoxy) is 1. The highest BCUT2D eigenvalue weighted by Gasteiger charge is 2.29. The van der Waals surface area contributed by atoms with Crippen molar-refractivity contribution in [2.75, 3.05) is 7.11 Å². The van der Waals surface area contributed by atoms with Crippen molar-refractivity contribution >= 4 is 11.3 Å². The standard InChI is InChI=1S/C15H26N2OS/c1-5-7-12-13(10-16-11-8-9-11)19-14(17-12)15(3,6-2)18-4/h11,16H,5-10H2,1-4H3. The van der Waals surface area contributed by atoms with E-state index in [1.807, 2.05) is 11.3 Å². The van der Waals surface area contributed by atoms with Gasteiger partial charge in [-0.15, -0.1) is 11.3 Å². The number of thiazole rings is 1. The molecule has 0 radical (unpaired) electrons. The number of nitrogens with zero attached hydrogens (tertiary/aromatic N) is 1. The monoisotopic (exact) mass is 282 g/mol. The number of hydrogen-bond donors (Lipinski definition) is 1. The minimum Gasteiger partial charge on any atom is -0.371 e. The fraction of sp³-hybridized carbons (Fsp3) is 0.800. The number of rotatable bonds is 8. The molecule has 0 aliphatic heterocycles. The first-order valence-corrected chi connectivity index (χ1v) is 8.22. The topological polar surface area (TPSA) is 34.1 Å². The van der Waals surface area contributed by atoms with Crippen LogP contribution in [0.4, 0.5) is 0 Å². The Morgan fingerprint density at radius 2 is 2.16 bits per heavy atom. The van der Waals surface area contributed by atoms with Crippen molar-refractivity contribution in [1.29, 1.82) is 0 Å². The minimum absolute atomic E-state index is 0.231. The van der Waals surface area contributed by atoms with Crippen LogP contribution in [0.5, 0.6) is 0 Å². The Labute approximate surface area is 120 Å². The summed E-state index contributed by atoms with van der Waals surface area (Å²) in [7, 11) is 1.78. The molecule has 1 saturated carbocycles. The molecule has 0 amide bonds. The van der Waals surface area contributed by atoms with Crippen molar-refractivity contribution in [3.63, 3.8) is 0 Å². The molecule has 4 heteroatoms. The Hall–Kier alpha value is -0.450. The first-order chi connectivity index (χ1) is 9.12. The van der Waals surface area contributed by atoms with Crippen molar-refractivity contribution in [3.05, 3.63) is 15.6 Å². The Bertz CT molecular complexity index is 408. The summed E-state index contributed by atoms with van der Waals surface area (Å²) < 4.78 is 5.68. The smallest absolute Gasteiger partial charge is 0.125 e. The van der Waals surface area contributed by atoms with Gasteiger partial charge in [0.15, 0.2) is 0 Å². The maximum atomic E-state index is 5.68. The third-order valence-electron chi connectivity index (χ3n) is 3.97. The van der Waals surface area contributed by atoms with Gasteiger partial charge in [0.2, 0.25) is 0 Å². The Morgan fingerprint density at radius 1 is 1.42 bits per heavy atom. The zero-order valence-corrected chi connectivity index (χ0v) is 13.4. The average Bonchev–Trinajstić information content (AvgIpc) is 3.17. The van der Waals surface area contributed by atoms with Gasteiger partial charge in [0.05, 0.1) is 5.69 Å². The van der Waals surface area contributed by atoms with E-state index >= 15 is 0 Å². The van der Waals surface area contributed by atoms with Crippen molar-refractivity contribution < 1.29 is 4.74 Å². The third-order valence-corrected chi connectivity index (χ3v) is 5.31. The van der Waals surface area contributed by atoms with E-state index in [0.29, 0.717) is 0 Å². The van der Waals surface area contributed by atoms with Crippen molar-refractivity contribution in [3.8, 4) is 0 Å². The predicted molar refractivity (Wildman–Crippen MR) is 80.6 cm³/mol. The van der Waals surface area contributed by atoms with Gasteiger partial charge in [-0.2, -0.15) is 0 Å². The molecule has 1 aromatic rings. The van der Waals surface area contributed by atoms with Gasteiger partial charge in [0, 0.05) is 24.6 Å². The molecule has 1 heterocycles. The van der Waals surface area contributed by atoms with E-state index in [0.717, 1.165) is 36.9 Å². The van der Waals surface area contributed by atoms with E-state index in [1.165, 1.54) is 23.4 Å². The molecule has 1 atom stereocenters. The molecule has 0 saturated heterocycles. The second-order valence-electron chi connectivity index (χ2n) is 5.58. The fourth-order valence-corrected chi connectivity index (χ4v) is 3.34. The second kappa shape index (κ2) is 6.33. The fourth-order valence-electron chi connectivity index (χ4n) is 2.09. The molecule has 19 heavy (non-hydrogen) atoms. The molecule has 1 fully saturated rings. The summed E-state index contributed by atoms with van der Waals surface area (Å²) in [6, 6.07) is 0.750. The van der Waals surface area contributed by atoms with Crippen LogP contribution in [-0.2, 0) is 23.3 Å². The molecule has 0 aromatic carbocycles. The largest absolute Gasteiger partial charge is 0.371 e. The minimum atomic E-state index is -0.231. The molecule has 0 spiro atoms. The van der Waals surface area contributed by atoms with Crippen LogP contribution < -0.4 is 5.32 Å². The third kappa shape index (κ3) is 3.56. The first kappa shape index (κ1) is 14.9. The average molecular weight is 282 g/mol. The quantitative estimate of drug-likeness (QED) is 0.791. The summed E-state index contributed by atoms with van der Waals surface area (Å²) in [5.41, 5.74) is 1.04. The Kier molecular flexibility index (Phi) is 4.98. The molecule has 0 bridgehead atoms. The van der Waals surface area contributed by atoms with E-state index < -0.39 is 0 Å². The van der Waals surface area contributed by atoms with Crippen LogP contribution in [0.3, 0.4) is 0 Å². The van der Waals surface area contributed by atoms with Crippen molar-refractivity contribution in [1.82, 2.24) is 10.3 Å². The van der Waals surface area contributed by atoms with Gasteiger partial charge in [0.25, 0.3) is 0 Å². The molecule has 1 unspecified atom stereocenters. The molecule has 1 N–H and O–H groups in total. The lowest BCUT2D eigenvalue weighted by Gasteiger charge is -2.23. The van der Waals surface area contributed by atoms with Gasteiger partial charge in [-0.1, -0.05) is 20.3 Å². The highest BCUT2D eigenvalue weighted by atomic mass is 32.1. The summed E-state index contributed by atoms with van der Waals surface area (Å²) in [5, 5.41) is 4.74. The maximum absolute atomic E-state index is 5.68. The summed E-state index contributed by atoms with van der Waals surface area (Å²) >= 11 is 1.83. The summed E-state index contributed by atoms with van der Waals surface area (Å²) in [6.45, 7) is 7.49. The second-order valence-corrected chi connectivity index (χ2v) is 6.67. The molecular weight excluding hydrogens is 256 g/mol. The normalized spacial score (nSPS) is 18.5. The molecule has 1 aromatic heterocycles. The van der Waals surface area contributed by atoms with Gasteiger partial charge in [-0.25, -0.2) is 4.98 Å². The molecule has 1 aliphatic rings. The van der Waals surface area contributed by atoms with E-state index in [9.17, 15) is 0 Å². The van der Waals surface area contributed by atoms with Crippen LogP contribution >= 0.6 is 11.3 Å². The van der Waals surface area contributed by atoms with Gasteiger partial charge >= 0.3 is 0 Å². The number of methoxy groups -OCH3 is 1. The van der Waals surface area contributed by atoms with Gasteiger partial charge < -0.3 is 10.1 Å². The van der Waals surface area contributed by atoms with Crippen LogP contribution in [-0.4, -0.2) is 18.1 Å². The number of nitrogens with one attached hydrogen (secondary N) is 1. The van der Waals surface area contributed by atoms with Gasteiger partial charge in [-0.05, 0) is 32.6 Å². The lowest BCUT2D eigenvalue weighted by atomic mass is 10.0. The van der Waals surface area contributed by atoms with E-state index in [-0.39, 0.29) is 5.60 Å². The van der Waals surface area contributed by atoms with Crippen molar-refractivity contribution in [2.24, 2.45) is 0 Å². The van der Waals surface area contributed by atoms with Gasteiger partial charge in [-0.3, -0.25) is 0 Å². The summed E-state index contributed by atoms with van der Waals surface area (Å²) in [5.74, 6) is 0.